The Morgan fingerprint density at radius 1 is 0.116 bits per heavy atom. The molecule has 0 unspecified atom stereocenters. The fourth-order valence-electron chi connectivity index (χ4n) is 20.5. The van der Waals surface area contributed by atoms with Crippen molar-refractivity contribution in [3.63, 3.8) is 0 Å². The van der Waals surface area contributed by atoms with Crippen LogP contribution in [-0.2, 0) is 10.8 Å². The van der Waals surface area contributed by atoms with E-state index in [2.05, 4.69) is 633 Å². The van der Waals surface area contributed by atoms with Gasteiger partial charge in [0.1, 0.15) is 0 Å². The highest BCUT2D eigenvalue weighted by molar-refractivity contribution is 5.91. The van der Waals surface area contributed by atoms with Crippen molar-refractivity contribution in [1.29, 1.82) is 0 Å². The molecule has 0 fully saturated rings. The average molecular weight is 1880 g/mol. The highest BCUT2D eigenvalue weighted by Crippen LogP contribution is 2.54. The van der Waals surface area contributed by atoms with Crippen LogP contribution in [0.1, 0.15) is 72.2 Å². The number of benzene rings is 22. The van der Waals surface area contributed by atoms with Gasteiger partial charge in [-0.05, 0) is 307 Å². The molecule has 0 saturated carbocycles. The van der Waals surface area contributed by atoms with Crippen molar-refractivity contribution in [1.82, 2.24) is 0 Å². The van der Waals surface area contributed by atoms with Crippen molar-refractivity contribution in [3.05, 3.63) is 603 Å². The first kappa shape index (κ1) is 94.3. The standard InChI is InChI=1S/C40H33N.C37H29N.C34H29N.C31H25N/c1-28-13-15-30(16-14-28)32-19-23-34(24-20-32)41(33-21-17-31(18-22-33)29-9-5-4-6-10-29)35-25-26-37-36-11-7-8-12-38(36)40(2,3)39(37)27-35;1-28-12-14-31(15-13-28)34-20-26-37(27-21-34)38(35-22-16-32(17-23-35)29-8-4-2-5-9-29)36-24-18-33(19-25-36)30-10-6-3-7-11-30;1-24-13-17-27(18-14-24)35(28-19-15-26(16-20-28)25-9-5-4-6-10-25)29-21-22-31-30-11-7-8-12-32(30)34(2,3)33(31)23-29;1-24-12-18-29(19-13-24)32(30-20-14-27(15-21-30)25-8-4-2-5-9-25)31-22-16-28(17-23-31)26-10-6-3-7-11-26/h4-27H,1-3H3;2-27H,1H3;4-23H,1-3H3;2-23H,1H3. The van der Waals surface area contributed by atoms with Gasteiger partial charge >= 0.3 is 0 Å². The van der Waals surface area contributed by atoms with Crippen LogP contribution < -0.4 is 19.6 Å². The summed E-state index contributed by atoms with van der Waals surface area (Å²) in [7, 11) is 0. The zero-order chi connectivity index (χ0) is 99.5. The molecule has 0 saturated heterocycles. The largest absolute Gasteiger partial charge is 0.311 e. The molecule has 0 aromatic heterocycles. The Labute approximate surface area is 861 Å². The molecule has 0 bridgehead atoms. The first-order valence-electron chi connectivity index (χ1n) is 50.6. The van der Waals surface area contributed by atoms with E-state index in [4.69, 9.17) is 0 Å². The first-order valence-corrected chi connectivity index (χ1v) is 50.6. The second-order valence-electron chi connectivity index (χ2n) is 39.1. The van der Waals surface area contributed by atoms with E-state index in [1.807, 2.05) is 0 Å². The molecule has 0 N–H and O–H groups in total. The summed E-state index contributed by atoms with van der Waals surface area (Å²) in [5.74, 6) is 0. The summed E-state index contributed by atoms with van der Waals surface area (Å²) >= 11 is 0. The maximum absolute atomic E-state index is 2.40. The summed E-state index contributed by atoms with van der Waals surface area (Å²) in [6, 6.07) is 201. The second kappa shape index (κ2) is 42.5. The predicted molar refractivity (Wildman–Crippen MR) is 622 cm³/mol. The molecule has 0 radical (unpaired) electrons. The third kappa shape index (κ3) is 20.5. The third-order valence-corrected chi connectivity index (χ3v) is 28.7. The Morgan fingerprint density at radius 2 is 0.247 bits per heavy atom. The highest BCUT2D eigenvalue weighted by Gasteiger charge is 2.38. The summed E-state index contributed by atoms with van der Waals surface area (Å²) in [6.45, 7) is 17.9. The Balaban J connectivity index is 0.000000115. The molecular formula is C142H116N4. The maximum Gasteiger partial charge on any atom is 0.0465 e. The molecule has 146 heavy (non-hydrogen) atoms. The lowest BCUT2D eigenvalue weighted by Gasteiger charge is -2.28. The number of anilines is 12. The van der Waals surface area contributed by atoms with E-state index in [1.165, 1.54) is 167 Å². The lowest BCUT2D eigenvalue weighted by molar-refractivity contribution is 0.660. The molecule has 2 aliphatic carbocycles. The summed E-state index contributed by atoms with van der Waals surface area (Å²) in [5, 5.41) is 0. The van der Waals surface area contributed by atoms with E-state index in [0.29, 0.717) is 0 Å². The number of hydrogen-bond donors (Lipinski definition) is 0. The van der Waals surface area contributed by atoms with Crippen LogP contribution in [0.3, 0.4) is 0 Å². The van der Waals surface area contributed by atoms with Gasteiger partial charge < -0.3 is 19.6 Å². The first-order chi connectivity index (χ1) is 71.5. The Bertz CT molecular complexity index is 7980. The van der Waals surface area contributed by atoms with Gasteiger partial charge in [0.25, 0.3) is 0 Å². The monoisotopic (exact) mass is 1880 g/mol. The van der Waals surface area contributed by atoms with Crippen molar-refractivity contribution >= 4 is 68.2 Å². The number of fused-ring (bicyclic) bond motifs is 6. The minimum Gasteiger partial charge on any atom is -0.311 e. The molecule has 0 atom stereocenters. The van der Waals surface area contributed by atoms with Crippen molar-refractivity contribution in [2.75, 3.05) is 19.6 Å². The molecule has 2 aliphatic rings. The van der Waals surface area contributed by atoms with Gasteiger partial charge in [-0.25, -0.2) is 0 Å². The SMILES string of the molecule is Cc1ccc(-c2ccc(N(c3ccc(-c4ccccc4)cc3)c3ccc(-c4ccccc4)cc3)cc2)cc1.Cc1ccc(-c2ccc(N(c3ccc(-c4ccccc4)cc3)c3ccc4c(c3)C(C)(C)c3ccccc3-4)cc2)cc1.Cc1ccc(N(c2ccc(-c3ccccc3)cc2)c2ccc(-c3ccccc3)cc2)cc1.Cc1ccc(N(c2ccc(-c3ccccc3)cc2)c2ccc3c(c2)C(C)(C)c2ccccc2-3)cc1. The van der Waals surface area contributed by atoms with Crippen LogP contribution in [0.15, 0.2) is 558 Å². The minimum atomic E-state index is -0.0555. The number of rotatable bonds is 20. The van der Waals surface area contributed by atoms with E-state index < -0.39 is 0 Å². The summed E-state index contributed by atoms with van der Waals surface area (Å²) < 4.78 is 0. The van der Waals surface area contributed by atoms with E-state index >= 15 is 0 Å². The van der Waals surface area contributed by atoms with Crippen LogP contribution in [0.5, 0.6) is 0 Å². The molecule has 22 aromatic rings. The van der Waals surface area contributed by atoms with Gasteiger partial charge in [0.2, 0.25) is 0 Å². The van der Waals surface area contributed by atoms with Crippen LogP contribution in [0, 0.1) is 27.7 Å². The molecule has 704 valence electrons. The van der Waals surface area contributed by atoms with Gasteiger partial charge in [-0.3, -0.25) is 0 Å². The molecule has 0 amide bonds. The van der Waals surface area contributed by atoms with Gasteiger partial charge in [0, 0.05) is 79.1 Å². The normalized spacial score (nSPS) is 11.9. The van der Waals surface area contributed by atoms with E-state index in [0.717, 1.165) is 56.9 Å². The Kier molecular flexibility index (Phi) is 27.4. The molecule has 22 aromatic carbocycles. The molecule has 4 nitrogen and oxygen atoms in total. The molecule has 0 spiro atoms. The van der Waals surface area contributed by atoms with Gasteiger partial charge in [-0.2, -0.15) is 0 Å². The van der Waals surface area contributed by atoms with Crippen LogP contribution >= 0.6 is 0 Å². The van der Waals surface area contributed by atoms with Crippen molar-refractivity contribution in [2.45, 2.75) is 66.2 Å². The van der Waals surface area contributed by atoms with Gasteiger partial charge in [-0.15, -0.1) is 0 Å². The fraction of sp³-hybridized carbons (Fsp3) is 0.0704. The minimum absolute atomic E-state index is 0.0297. The Morgan fingerprint density at radius 3 is 0.438 bits per heavy atom. The summed E-state index contributed by atoms with van der Waals surface area (Å²) in [4.78, 5) is 9.38. The van der Waals surface area contributed by atoms with Gasteiger partial charge in [-0.1, -0.05) is 462 Å². The topological polar surface area (TPSA) is 13.0 Å². The van der Waals surface area contributed by atoms with Crippen LogP contribution in [-0.4, -0.2) is 0 Å². The number of nitrogens with zero attached hydrogens (tertiary/aromatic N) is 4. The van der Waals surface area contributed by atoms with Crippen LogP contribution in [0.25, 0.3) is 111 Å². The molecular weight excluding hydrogens is 1760 g/mol. The van der Waals surface area contributed by atoms with E-state index in [-0.39, 0.29) is 10.8 Å². The lowest BCUT2D eigenvalue weighted by atomic mass is 9.82. The third-order valence-electron chi connectivity index (χ3n) is 28.7. The predicted octanol–water partition coefficient (Wildman–Crippen LogP) is 39.8. The van der Waals surface area contributed by atoms with E-state index in [9.17, 15) is 0 Å². The van der Waals surface area contributed by atoms with E-state index in [1.54, 1.807) is 0 Å². The number of hydrogen-bond acceptors (Lipinski definition) is 4. The maximum atomic E-state index is 2.40. The molecule has 0 aliphatic heterocycles. The summed E-state index contributed by atoms with van der Waals surface area (Å²) in [6.07, 6.45) is 0. The van der Waals surface area contributed by atoms with Crippen molar-refractivity contribution < 1.29 is 0 Å². The quantitative estimate of drug-likeness (QED) is 0.0754. The second-order valence-corrected chi connectivity index (χ2v) is 39.1. The fourth-order valence-corrected chi connectivity index (χ4v) is 20.5. The van der Waals surface area contributed by atoms with Crippen LogP contribution in [0.2, 0.25) is 0 Å². The smallest absolute Gasteiger partial charge is 0.0465 e. The van der Waals surface area contributed by atoms with Gasteiger partial charge in [0.15, 0.2) is 0 Å². The van der Waals surface area contributed by atoms with Crippen molar-refractivity contribution in [2.24, 2.45) is 0 Å². The summed E-state index contributed by atoms with van der Waals surface area (Å²) in [5.41, 5.74) is 49.2. The zero-order valence-electron chi connectivity index (χ0n) is 83.9. The zero-order valence-corrected chi connectivity index (χ0v) is 83.9. The molecule has 24 rings (SSSR count). The van der Waals surface area contributed by atoms with Crippen molar-refractivity contribution in [3.8, 4) is 111 Å². The lowest BCUT2D eigenvalue weighted by Crippen LogP contribution is -2.16. The number of aryl methyl sites for hydroxylation is 4. The highest BCUT2D eigenvalue weighted by atomic mass is 15.2. The van der Waals surface area contributed by atoms with Crippen LogP contribution in [0.4, 0.5) is 68.2 Å². The average Bonchev–Trinajstić information content (AvgIpc) is 1.58. The van der Waals surface area contributed by atoms with Gasteiger partial charge in [0.05, 0.1) is 0 Å². The Hall–Kier alpha value is -18.0. The molecule has 4 heteroatoms. The molecule has 0 heterocycles.